The summed E-state index contributed by atoms with van der Waals surface area (Å²) in [6.45, 7) is 0.875. The standard InChI is InChI=1S/C15H20BrNO/c1-17(14-4-2-3-5-14)11-10-15(18)12-6-8-13(16)9-7-12/h6-9,14H,2-5,10-11H2,1H3. The predicted molar refractivity (Wildman–Crippen MR) is 78.0 cm³/mol. The molecule has 98 valence electrons. The fourth-order valence-corrected chi connectivity index (χ4v) is 2.85. The fraction of sp³-hybridized carbons (Fsp3) is 0.533. The van der Waals surface area contributed by atoms with Gasteiger partial charge in [-0.25, -0.2) is 0 Å². The van der Waals surface area contributed by atoms with Crippen LogP contribution < -0.4 is 0 Å². The summed E-state index contributed by atoms with van der Waals surface area (Å²) < 4.78 is 1.02. The number of hydrogen-bond acceptors (Lipinski definition) is 2. The molecule has 0 radical (unpaired) electrons. The second kappa shape index (κ2) is 6.48. The Morgan fingerprint density at radius 1 is 1.28 bits per heavy atom. The first-order valence-electron chi connectivity index (χ1n) is 6.66. The van der Waals surface area contributed by atoms with Crippen LogP contribution in [0.15, 0.2) is 28.7 Å². The molecule has 2 nitrogen and oxygen atoms in total. The fourth-order valence-electron chi connectivity index (χ4n) is 2.59. The maximum Gasteiger partial charge on any atom is 0.164 e. The lowest BCUT2D eigenvalue weighted by molar-refractivity contribution is 0.0960. The number of nitrogens with zero attached hydrogens (tertiary/aromatic N) is 1. The van der Waals surface area contributed by atoms with Crippen molar-refractivity contribution in [3.63, 3.8) is 0 Å². The van der Waals surface area contributed by atoms with Crippen molar-refractivity contribution in [1.29, 1.82) is 0 Å². The zero-order chi connectivity index (χ0) is 13.0. The molecular weight excluding hydrogens is 290 g/mol. The zero-order valence-corrected chi connectivity index (χ0v) is 12.4. The first-order valence-corrected chi connectivity index (χ1v) is 7.45. The minimum atomic E-state index is 0.243. The molecule has 2 rings (SSSR count). The van der Waals surface area contributed by atoms with Gasteiger partial charge in [0.1, 0.15) is 0 Å². The van der Waals surface area contributed by atoms with Crippen LogP contribution in [0, 0.1) is 0 Å². The Labute approximate surface area is 117 Å². The molecule has 1 aromatic rings. The second-order valence-electron chi connectivity index (χ2n) is 5.10. The number of Topliss-reactive ketones (excluding diaryl/α,β-unsaturated/α-hetero) is 1. The largest absolute Gasteiger partial charge is 0.303 e. The SMILES string of the molecule is CN(CCC(=O)c1ccc(Br)cc1)C1CCCC1. The van der Waals surface area contributed by atoms with Crippen molar-refractivity contribution in [3.05, 3.63) is 34.3 Å². The van der Waals surface area contributed by atoms with Crippen molar-refractivity contribution in [1.82, 2.24) is 4.90 Å². The average Bonchev–Trinajstić information content (AvgIpc) is 2.90. The molecule has 1 aromatic carbocycles. The molecule has 0 atom stereocenters. The number of carbonyl (C=O) groups excluding carboxylic acids is 1. The van der Waals surface area contributed by atoms with Crippen LogP contribution in [0.25, 0.3) is 0 Å². The van der Waals surface area contributed by atoms with E-state index in [1.807, 2.05) is 24.3 Å². The van der Waals surface area contributed by atoms with E-state index in [2.05, 4.69) is 27.9 Å². The van der Waals surface area contributed by atoms with Crippen LogP contribution >= 0.6 is 15.9 Å². The molecule has 0 bridgehead atoms. The van der Waals surface area contributed by atoms with Crippen LogP contribution in [-0.4, -0.2) is 30.3 Å². The molecule has 0 aromatic heterocycles. The van der Waals surface area contributed by atoms with E-state index in [4.69, 9.17) is 0 Å². The maximum absolute atomic E-state index is 12.0. The summed E-state index contributed by atoms with van der Waals surface area (Å²) in [6.07, 6.45) is 5.89. The van der Waals surface area contributed by atoms with Crippen LogP contribution in [0.5, 0.6) is 0 Å². The van der Waals surface area contributed by atoms with E-state index in [0.717, 1.165) is 16.6 Å². The predicted octanol–water partition coefficient (Wildman–Crippen LogP) is 3.90. The Morgan fingerprint density at radius 3 is 2.50 bits per heavy atom. The number of rotatable bonds is 5. The lowest BCUT2D eigenvalue weighted by Crippen LogP contribution is -2.31. The third-order valence-electron chi connectivity index (χ3n) is 3.81. The molecule has 1 saturated carbocycles. The van der Waals surface area contributed by atoms with Crippen LogP contribution in [0.2, 0.25) is 0 Å². The zero-order valence-electron chi connectivity index (χ0n) is 10.9. The third-order valence-corrected chi connectivity index (χ3v) is 4.33. The van der Waals surface area contributed by atoms with Crippen LogP contribution in [-0.2, 0) is 0 Å². The summed E-state index contributed by atoms with van der Waals surface area (Å²) in [5, 5.41) is 0. The van der Waals surface area contributed by atoms with Crippen molar-refractivity contribution < 1.29 is 4.79 Å². The third kappa shape index (κ3) is 3.66. The summed E-state index contributed by atoms with van der Waals surface area (Å²) in [5.74, 6) is 0.243. The van der Waals surface area contributed by atoms with E-state index in [-0.39, 0.29) is 5.78 Å². The van der Waals surface area contributed by atoms with Gasteiger partial charge in [-0.1, -0.05) is 40.9 Å². The molecule has 0 N–H and O–H groups in total. The summed E-state index contributed by atoms with van der Waals surface area (Å²) in [5.41, 5.74) is 0.818. The monoisotopic (exact) mass is 309 g/mol. The number of carbonyl (C=O) groups is 1. The second-order valence-corrected chi connectivity index (χ2v) is 6.01. The lowest BCUT2D eigenvalue weighted by Gasteiger charge is -2.23. The van der Waals surface area contributed by atoms with Gasteiger partial charge in [0.15, 0.2) is 5.78 Å². The molecule has 0 unspecified atom stereocenters. The van der Waals surface area contributed by atoms with E-state index in [1.54, 1.807) is 0 Å². The molecule has 0 heterocycles. The number of hydrogen-bond donors (Lipinski definition) is 0. The molecule has 1 aliphatic rings. The van der Waals surface area contributed by atoms with Crippen molar-refractivity contribution in [2.24, 2.45) is 0 Å². The molecule has 1 fully saturated rings. The summed E-state index contributed by atoms with van der Waals surface area (Å²) in [4.78, 5) is 14.4. The van der Waals surface area contributed by atoms with Gasteiger partial charge in [0.25, 0.3) is 0 Å². The van der Waals surface area contributed by atoms with Gasteiger partial charge in [-0.3, -0.25) is 4.79 Å². The molecule has 0 aliphatic heterocycles. The van der Waals surface area contributed by atoms with Gasteiger partial charge in [-0.15, -0.1) is 0 Å². The highest BCUT2D eigenvalue weighted by atomic mass is 79.9. The van der Waals surface area contributed by atoms with Crippen LogP contribution in [0.4, 0.5) is 0 Å². The molecule has 0 spiro atoms. The normalized spacial score (nSPS) is 16.4. The summed E-state index contributed by atoms with van der Waals surface area (Å²) in [7, 11) is 2.14. The highest BCUT2D eigenvalue weighted by Crippen LogP contribution is 2.22. The molecule has 18 heavy (non-hydrogen) atoms. The van der Waals surface area contributed by atoms with Gasteiger partial charge in [0.2, 0.25) is 0 Å². The number of benzene rings is 1. The van der Waals surface area contributed by atoms with E-state index < -0.39 is 0 Å². The quantitative estimate of drug-likeness (QED) is 0.769. The minimum Gasteiger partial charge on any atom is -0.303 e. The molecular formula is C15H20BrNO. The number of halogens is 1. The van der Waals surface area contributed by atoms with E-state index in [1.165, 1.54) is 25.7 Å². The number of ketones is 1. The van der Waals surface area contributed by atoms with Crippen molar-refractivity contribution in [3.8, 4) is 0 Å². The molecule has 3 heteroatoms. The van der Waals surface area contributed by atoms with Crippen LogP contribution in [0.1, 0.15) is 42.5 Å². The van der Waals surface area contributed by atoms with Gasteiger partial charge in [-0.2, -0.15) is 0 Å². The molecule has 0 saturated heterocycles. The summed E-state index contributed by atoms with van der Waals surface area (Å²) in [6, 6.07) is 8.33. The minimum absolute atomic E-state index is 0.243. The smallest absolute Gasteiger partial charge is 0.164 e. The first kappa shape index (κ1) is 13.8. The van der Waals surface area contributed by atoms with Gasteiger partial charge < -0.3 is 4.90 Å². The molecule has 0 amide bonds. The highest BCUT2D eigenvalue weighted by molar-refractivity contribution is 9.10. The van der Waals surface area contributed by atoms with Crippen molar-refractivity contribution >= 4 is 21.7 Å². The Hall–Kier alpha value is -0.670. The Kier molecular flexibility index (Phi) is 4.95. The average molecular weight is 310 g/mol. The van der Waals surface area contributed by atoms with Gasteiger partial charge in [-0.05, 0) is 32.0 Å². The topological polar surface area (TPSA) is 20.3 Å². The Balaban J connectivity index is 1.82. The Morgan fingerprint density at radius 2 is 1.89 bits per heavy atom. The summed E-state index contributed by atoms with van der Waals surface area (Å²) >= 11 is 3.38. The van der Waals surface area contributed by atoms with Crippen molar-refractivity contribution in [2.75, 3.05) is 13.6 Å². The van der Waals surface area contributed by atoms with E-state index in [9.17, 15) is 4.79 Å². The maximum atomic E-state index is 12.0. The van der Waals surface area contributed by atoms with Crippen LogP contribution in [0.3, 0.4) is 0 Å². The first-order chi connectivity index (χ1) is 8.66. The Bertz CT molecular complexity index is 395. The van der Waals surface area contributed by atoms with Crippen molar-refractivity contribution in [2.45, 2.75) is 38.1 Å². The van der Waals surface area contributed by atoms with E-state index >= 15 is 0 Å². The molecule has 1 aliphatic carbocycles. The van der Waals surface area contributed by atoms with Gasteiger partial charge in [0.05, 0.1) is 0 Å². The highest BCUT2D eigenvalue weighted by Gasteiger charge is 2.19. The van der Waals surface area contributed by atoms with E-state index in [0.29, 0.717) is 12.5 Å². The lowest BCUT2D eigenvalue weighted by atomic mass is 10.1. The van der Waals surface area contributed by atoms with Gasteiger partial charge >= 0.3 is 0 Å². The van der Waals surface area contributed by atoms with Gasteiger partial charge in [0, 0.05) is 29.0 Å².